The molecule has 2 fully saturated rings. The number of aryl methyl sites for hydroxylation is 1. The Morgan fingerprint density at radius 2 is 1.66 bits per heavy atom. The van der Waals surface area contributed by atoms with Crippen molar-refractivity contribution < 1.29 is 45.1 Å². The molecule has 1 spiro atoms. The molecule has 2 saturated heterocycles. The first-order valence-corrected chi connectivity index (χ1v) is 14.1. The van der Waals surface area contributed by atoms with Crippen molar-refractivity contribution in [3.8, 4) is 0 Å². The summed E-state index contributed by atoms with van der Waals surface area (Å²) in [5.41, 5.74) is -1.53. The number of methoxy groups -OCH3 is 1. The van der Waals surface area contributed by atoms with Crippen LogP contribution in [0.25, 0.3) is 0 Å². The van der Waals surface area contributed by atoms with Crippen molar-refractivity contribution in [2.45, 2.75) is 82.0 Å². The number of piperidine rings is 1. The van der Waals surface area contributed by atoms with Crippen LogP contribution in [0, 0.1) is 12.7 Å². The average Bonchev–Trinajstić information content (AvgIpc) is 3.29. The van der Waals surface area contributed by atoms with Gasteiger partial charge < -0.3 is 9.64 Å². The maximum atomic E-state index is 13.5. The van der Waals surface area contributed by atoms with Gasteiger partial charge in [0, 0.05) is 25.2 Å². The van der Waals surface area contributed by atoms with E-state index in [1.165, 1.54) is 32.7 Å². The van der Waals surface area contributed by atoms with Crippen LogP contribution in [0.4, 0.5) is 30.7 Å². The minimum absolute atomic E-state index is 0.0527. The summed E-state index contributed by atoms with van der Waals surface area (Å²) in [4.78, 5) is 26.0. The van der Waals surface area contributed by atoms with Crippen LogP contribution in [-0.2, 0) is 26.7 Å². The molecule has 0 bridgehead atoms. The molecule has 2 aliphatic heterocycles. The predicted octanol–water partition coefficient (Wildman–Crippen LogP) is 6.83. The molecular formula is C31H38F7N3O3. The molecule has 0 radical (unpaired) electrons. The summed E-state index contributed by atoms with van der Waals surface area (Å²) in [6.45, 7) is 6.19. The van der Waals surface area contributed by atoms with E-state index < -0.39 is 35.1 Å². The highest BCUT2D eigenvalue weighted by Gasteiger charge is 2.52. The number of benzene rings is 2. The number of nitrogens with one attached hydrogen (secondary N) is 1. The van der Waals surface area contributed by atoms with Crippen LogP contribution in [0.5, 0.6) is 0 Å². The van der Waals surface area contributed by atoms with E-state index in [1.807, 2.05) is 19.9 Å². The standard InChI is InChI=1S/C19H27FN2O2.C12H11F6NO/c1-13-11-14(20)5-6-15(13)16-12-19(9-10-22(16)3)8-7-18(2,21-19)17(23)24-4;1-7(19(2)6-20)8-3-9(11(13,14)15)5-10(4-8)12(16,17)18/h5-6,11,16,21H,7-10,12H2,1-4H3;3-7H,1-2H3/t16?,18-,19?;/m1./s1. The van der Waals surface area contributed by atoms with Crippen molar-refractivity contribution in [2.75, 3.05) is 27.7 Å². The molecule has 3 unspecified atom stereocenters. The topological polar surface area (TPSA) is 61.9 Å². The van der Waals surface area contributed by atoms with Gasteiger partial charge in [-0.1, -0.05) is 6.07 Å². The number of halogens is 7. The summed E-state index contributed by atoms with van der Waals surface area (Å²) in [5, 5.41) is 3.61. The number of likely N-dealkylation sites (tertiary alicyclic amines) is 1. The number of carbonyl (C=O) groups is 2. The van der Waals surface area contributed by atoms with E-state index in [-0.39, 0.29) is 35.0 Å². The summed E-state index contributed by atoms with van der Waals surface area (Å²) in [5.74, 6) is -0.380. The van der Waals surface area contributed by atoms with Gasteiger partial charge in [-0.05, 0) is 101 Å². The summed E-state index contributed by atoms with van der Waals surface area (Å²) in [6.07, 6.45) is -5.78. The molecule has 0 saturated carbocycles. The second-order valence-electron chi connectivity index (χ2n) is 12.0. The van der Waals surface area contributed by atoms with Crippen LogP contribution in [0.3, 0.4) is 0 Å². The van der Waals surface area contributed by atoms with Crippen LogP contribution in [0.1, 0.15) is 79.4 Å². The van der Waals surface area contributed by atoms with Crippen LogP contribution < -0.4 is 5.32 Å². The highest BCUT2D eigenvalue weighted by atomic mass is 19.4. The van der Waals surface area contributed by atoms with Gasteiger partial charge in [0.05, 0.1) is 24.3 Å². The Morgan fingerprint density at radius 1 is 1.07 bits per heavy atom. The van der Waals surface area contributed by atoms with Gasteiger partial charge in [-0.25, -0.2) is 4.39 Å². The molecule has 6 nitrogen and oxygen atoms in total. The minimum Gasteiger partial charge on any atom is -0.468 e. The van der Waals surface area contributed by atoms with Crippen LogP contribution in [0.15, 0.2) is 36.4 Å². The molecule has 0 aromatic heterocycles. The molecule has 0 aliphatic carbocycles. The molecule has 1 N–H and O–H groups in total. The number of ether oxygens (including phenoxy) is 1. The zero-order valence-corrected chi connectivity index (χ0v) is 25.5. The van der Waals surface area contributed by atoms with E-state index in [4.69, 9.17) is 4.74 Å². The van der Waals surface area contributed by atoms with E-state index in [9.17, 15) is 40.3 Å². The van der Waals surface area contributed by atoms with E-state index in [0.717, 1.165) is 42.7 Å². The number of nitrogens with zero attached hydrogens (tertiary/aromatic N) is 2. The zero-order valence-electron chi connectivity index (χ0n) is 25.5. The molecule has 2 aliphatic rings. The number of esters is 1. The Morgan fingerprint density at radius 3 is 2.16 bits per heavy atom. The largest absolute Gasteiger partial charge is 0.468 e. The fraction of sp³-hybridized carbons (Fsp3) is 0.548. The Kier molecular flexibility index (Phi) is 10.5. The molecule has 244 valence electrons. The number of hydrogen-bond donors (Lipinski definition) is 1. The molecule has 13 heteroatoms. The predicted molar refractivity (Wildman–Crippen MR) is 150 cm³/mol. The Balaban J connectivity index is 0.000000245. The van der Waals surface area contributed by atoms with Crippen LogP contribution in [0.2, 0.25) is 0 Å². The Labute approximate surface area is 252 Å². The molecule has 4 atom stereocenters. The van der Waals surface area contributed by atoms with Crippen molar-refractivity contribution >= 4 is 12.4 Å². The fourth-order valence-electron chi connectivity index (χ4n) is 6.00. The van der Waals surface area contributed by atoms with Gasteiger partial charge in [-0.15, -0.1) is 0 Å². The normalized spacial score (nSPS) is 24.8. The first kappa shape index (κ1) is 35.3. The summed E-state index contributed by atoms with van der Waals surface area (Å²) < 4.78 is 94.2. The molecule has 2 aromatic rings. The van der Waals surface area contributed by atoms with E-state index in [2.05, 4.69) is 17.3 Å². The fourth-order valence-corrected chi connectivity index (χ4v) is 6.00. The van der Waals surface area contributed by atoms with Gasteiger partial charge in [-0.3, -0.25) is 19.8 Å². The van der Waals surface area contributed by atoms with Crippen LogP contribution in [-0.4, -0.2) is 61.0 Å². The highest BCUT2D eigenvalue weighted by Crippen LogP contribution is 2.45. The summed E-state index contributed by atoms with van der Waals surface area (Å²) in [7, 11) is 4.83. The van der Waals surface area contributed by atoms with Crippen molar-refractivity contribution in [1.82, 2.24) is 15.1 Å². The molecule has 2 heterocycles. The van der Waals surface area contributed by atoms with E-state index in [1.54, 1.807) is 6.07 Å². The van der Waals surface area contributed by atoms with Gasteiger partial charge in [-0.2, -0.15) is 26.3 Å². The molecular weight excluding hydrogens is 595 g/mol. The van der Waals surface area contributed by atoms with Gasteiger partial charge in [0.15, 0.2) is 0 Å². The summed E-state index contributed by atoms with van der Waals surface area (Å²) >= 11 is 0. The second kappa shape index (κ2) is 13.0. The Hall–Kier alpha value is -3.19. The maximum absolute atomic E-state index is 13.5. The lowest BCUT2D eigenvalue weighted by molar-refractivity contribution is -0.148. The molecule has 4 rings (SSSR count). The van der Waals surface area contributed by atoms with Gasteiger partial charge >= 0.3 is 18.3 Å². The average molecular weight is 634 g/mol. The first-order chi connectivity index (χ1) is 20.2. The molecule has 44 heavy (non-hydrogen) atoms. The number of alkyl halides is 6. The summed E-state index contributed by atoms with van der Waals surface area (Å²) in [6, 6.07) is 5.64. The molecule has 1 amide bonds. The van der Waals surface area contributed by atoms with Crippen LogP contribution >= 0.6 is 0 Å². The number of amides is 1. The monoisotopic (exact) mass is 633 g/mol. The lowest BCUT2D eigenvalue weighted by atomic mass is 9.79. The van der Waals surface area contributed by atoms with Crippen molar-refractivity contribution in [1.29, 1.82) is 0 Å². The smallest absolute Gasteiger partial charge is 0.416 e. The van der Waals surface area contributed by atoms with Crippen molar-refractivity contribution in [2.24, 2.45) is 0 Å². The third-order valence-electron chi connectivity index (χ3n) is 8.80. The SMILES string of the molecule is CC(c1cc(C(F)(F)F)cc(C(F)(F)F)c1)N(C)C=O.COC(=O)[C@@]1(C)CCC2(CCN(C)C(c3ccc(F)cc3C)C2)N1. The molecule has 2 aromatic carbocycles. The lowest BCUT2D eigenvalue weighted by Crippen LogP contribution is -2.57. The number of hydrogen-bond acceptors (Lipinski definition) is 5. The second-order valence-corrected chi connectivity index (χ2v) is 12.0. The van der Waals surface area contributed by atoms with Gasteiger partial charge in [0.1, 0.15) is 11.4 Å². The van der Waals surface area contributed by atoms with E-state index in [0.29, 0.717) is 18.5 Å². The third kappa shape index (κ3) is 7.90. The maximum Gasteiger partial charge on any atom is 0.416 e. The first-order valence-electron chi connectivity index (χ1n) is 14.1. The third-order valence-corrected chi connectivity index (χ3v) is 8.80. The Bertz CT molecular complexity index is 1320. The highest BCUT2D eigenvalue weighted by molar-refractivity contribution is 5.81. The number of carbonyl (C=O) groups excluding carboxylic acids is 2. The van der Waals surface area contributed by atoms with Gasteiger partial charge in [0.25, 0.3) is 0 Å². The van der Waals surface area contributed by atoms with Crippen molar-refractivity contribution in [3.63, 3.8) is 0 Å². The van der Waals surface area contributed by atoms with E-state index >= 15 is 0 Å². The van der Waals surface area contributed by atoms with Gasteiger partial charge in [0.2, 0.25) is 6.41 Å². The minimum atomic E-state index is -4.89. The zero-order chi connectivity index (χ0) is 33.3. The quantitative estimate of drug-likeness (QED) is 0.222. The van der Waals surface area contributed by atoms with Crippen molar-refractivity contribution in [3.05, 3.63) is 70.0 Å². The number of rotatable bonds is 5. The lowest BCUT2D eigenvalue weighted by Gasteiger charge is -2.45.